The van der Waals surface area contributed by atoms with E-state index in [0.717, 1.165) is 0 Å². The van der Waals surface area contributed by atoms with E-state index in [-0.39, 0.29) is 18.8 Å². The molecule has 1 heterocycles. The fourth-order valence-electron chi connectivity index (χ4n) is 0.987. The molecule has 66 valence electrons. The average Bonchev–Trinajstić information content (AvgIpc) is 2.46. The van der Waals surface area contributed by atoms with E-state index >= 15 is 0 Å². The Bertz CT molecular complexity index is 322. The second kappa shape index (κ2) is 2.92. The van der Waals surface area contributed by atoms with Gasteiger partial charge >= 0.3 is 5.82 Å². The van der Waals surface area contributed by atoms with E-state index in [1.165, 1.54) is 10.8 Å². The summed E-state index contributed by atoms with van der Waals surface area (Å²) in [7, 11) is -0.163. The molecule has 0 fully saturated rings. The third-order valence-corrected chi connectivity index (χ3v) is 1.57. The third kappa shape index (κ3) is 1.30. The fourth-order valence-corrected chi connectivity index (χ4v) is 0.987. The molecule has 5 nitrogen and oxygen atoms in total. The van der Waals surface area contributed by atoms with Crippen LogP contribution in [0.2, 0.25) is 0 Å². The molecule has 0 spiro atoms. The van der Waals surface area contributed by atoms with Crippen LogP contribution in [0.25, 0.3) is 0 Å². The lowest BCUT2D eigenvalue weighted by Gasteiger charge is -1.99. The number of aromatic nitrogens is 2. The molecule has 0 aliphatic rings. The Morgan fingerprint density at radius 3 is 2.92 bits per heavy atom. The smallest absolute Gasteiger partial charge is 0.342 e. The number of rotatable bonds is 2. The van der Waals surface area contributed by atoms with Crippen LogP contribution < -0.4 is 0 Å². The number of hydrogen-bond acceptors (Lipinski definition) is 3. The fraction of sp³-hybridized carbons (Fsp3) is 0.571. The Hall–Kier alpha value is -1.39. The molecule has 12 heavy (non-hydrogen) atoms. The van der Waals surface area contributed by atoms with Crippen LogP contribution >= 0.6 is 0 Å². The molecule has 0 unspecified atom stereocenters. The van der Waals surface area contributed by atoms with Crippen molar-refractivity contribution in [1.29, 1.82) is 0 Å². The minimum atomic E-state index is -0.520. The molecule has 0 N–H and O–H groups in total. The summed E-state index contributed by atoms with van der Waals surface area (Å²) in [6.07, 6.45) is 1.20. The summed E-state index contributed by atoms with van der Waals surface area (Å²) in [5.74, 6) is 0.569. The van der Waals surface area contributed by atoms with Gasteiger partial charge in [-0.3, -0.25) is 0 Å². The molecule has 0 saturated heterocycles. The summed E-state index contributed by atoms with van der Waals surface area (Å²) in [6, 6.07) is 0. The van der Waals surface area contributed by atoms with E-state index in [9.17, 15) is 10.1 Å². The first kappa shape index (κ1) is 7.27. The number of hydrogen-bond donors (Lipinski definition) is 0. The zero-order chi connectivity index (χ0) is 10.0. The maximum atomic E-state index is 10.5. The molecule has 1 aromatic rings. The van der Waals surface area contributed by atoms with Crippen molar-refractivity contribution in [3.8, 4) is 0 Å². The summed E-state index contributed by atoms with van der Waals surface area (Å²) in [6.45, 7) is 3.77. The molecule has 5 heteroatoms. The standard InChI is InChI=1S/C7H11N3O2/c1-5(2)7-8-4-6(9(7)3)10(11)12/h4-5H,1-3H3/i3D. The van der Waals surface area contributed by atoms with E-state index in [0.29, 0.717) is 5.82 Å². The summed E-state index contributed by atoms with van der Waals surface area (Å²) < 4.78 is 8.44. The van der Waals surface area contributed by atoms with E-state index in [4.69, 9.17) is 1.37 Å². The molecule has 0 aliphatic heterocycles. The second-order valence-electron chi connectivity index (χ2n) is 2.81. The van der Waals surface area contributed by atoms with Crippen LogP contribution in [0, 0.1) is 10.1 Å². The predicted octanol–water partition coefficient (Wildman–Crippen LogP) is 1.45. The van der Waals surface area contributed by atoms with Gasteiger partial charge in [-0.05, 0) is 4.92 Å². The Morgan fingerprint density at radius 2 is 2.50 bits per heavy atom. The Kier molecular flexibility index (Phi) is 1.77. The topological polar surface area (TPSA) is 61.0 Å². The molecule has 0 radical (unpaired) electrons. The molecule has 0 atom stereocenters. The van der Waals surface area contributed by atoms with Crippen molar-refractivity contribution in [1.82, 2.24) is 9.55 Å². The van der Waals surface area contributed by atoms with Crippen LogP contribution in [0.15, 0.2) is 6.20 Å². The van der Waals surface area contributed by atoms with E-state index in [2.05, 4.69) is 4.98 Å². The largest absolute Gasteiger partial charge is 0.358 e. The van der Waals surface area contributed by atoms with Gasteiger partial charge in [-0.15, -0.1) is 0 Å². The van der Waals surface area contributed by atoms with Crippen LogP contribution in [0.4, 0.5) is 5.82 Å². The summed E-state index contributed by atoms with van der Waals surface area (Å²) in [5, 5.41) is 10.5. The first-order chi connectivity index (χ1) is 6.07. The summed E-state index contributed by atoms with van der Waals surface area (Å²) in [4.78, 5) is 13.9. The number of nitrogens with zero attached hydrogens (tertiary/aromatic N) is 3. The normalized spacial score (nSPS) is 11.8. The lowest BCUT2D eigenvalue weighted by Crippen LogP contribution is -2.03. The molecule has 0 aliphatic carbocycles. The van der Waals surface area contributed by atoms with Gasteiger partial charge in [0.05, 0.1) is 8.39 Å². The lowest BCUT2D eigenvalue weighted by atomic mass is 10.2. The van der Waals surface area contributed by atoms with Crippen molar-refractivity contribution < 1.29 is 6.29 Å². The van der Waals surface area contributed by atoms with Crippen LogP contribution in [0.5, 0.6) is 0 Å². The van der Waals surface area contributed by atoms with Crippen LogP contribution in [-0.4, -0.2) is 14.5 Å². The molecule has 0 aromatic carbocycles. The maximum Gasteiger partial charge on any atom is 0.342 e. The Balaban J connectivity index is 3.18. The zero-order valence-corrected chi connectivity index (χ0v) is 7.02. The summed E-state index contributed by atoms with van der Waals surface area (Å²) in [5.41, 5.74) is 0. The van der Waals surface area contributed by atoms with Gasteiger partial charge in [-0.1, -0.05) is 13.8 Å². The molecule has 0 saturated carbocycles. The molecular weight excluding hydrogens is 158 g/mol. The summed E-state index contributed by atoms with van der Waals surface area (Å²) >= 11 is 0. The minimum absolute atomic E-state index is 0.0963. The highest BCUT2D eigenvalue weighted by Crippen LogP contribution is 2.17. The first-order valence-electron chi connectivity index (χ1n) is 4.27. The van der Waals surface area contributed by atoms with Gasteiger partial charge in [0.15, 0.2) is 5.82 Å². The quantitative estimate of drug-likeness (QED) is 0.498. The highest BCUT2D eigenvalue weighted by Gasteiger charge is 2.18. The van der Waals surface area contributed by atoms with Gasteiger partial charge in [-0.2, -0.15) is 0 Å². The Labute approximate surface area is 71.6 Å². The van der Waals surface area contributed by atoms with Crippen molar-refractivity contribution in [2.24, 2.45) is 7.02 Å². The van der Waals surface area contributed by atoms with Crippen LogP contribution in [0.1, 0.15) is 27.0 Å². The highest BCUT2D eigenvalue weighted by molar-refractivity contribution is 5.19. The Morgan fingerprint density at radius 1 is 1.83 bits per heavy atom. The van der Waals surface area contributed by atoms with Gasteiger partial charge < -0.3 is 10.1 Å². The van der Waals surface area contributed by atoms with E-state index in [1.54, 1.807) is 0 Å². The van der Waals surface area contributed by atoms with Crippen LogP contribution in [-0.2, 0) is 7.02 Å². The third-order valence-electron chi connectivity index (χ3n) is 1.57. The average molecular weight is 170 g/mol. The van der Waals surface area contributed by atoms with Crippen LogP contribution in [0.3, 0.4) is 0 Å². The SMILES string of the molecule is [2H]Cn1c([N+](=O)[O-])cnc1C(C)C. The van der Waals surface area contributed by atoms with E-state index in [1.807, 2.05) is 13.8 Å². The monoisotopic (exact) mass is 170 g/mol. The van der Waals surface area contributed by atoms with Gasteiger partial charge in [0.2, 0.25) is 0 Å². The first-order valence-corrected chi connectivity index (χ1v) is 3.57. The molecular formula is C7H11N3O2. The van der Waals surface area contributed by atoms with Gasteiger partial charge in [-0.25, -0.2) is 9.55 Å². The number of imidazole rings is 1. The molecule has 1 aromatic heterocycles. The highest BCUT2D eigenvalue weighted by atomic mass is 16.6. The second-order valence-corrected chi connectivity index (χ2v) is 2.81. The number of nitro groups is 1. The minimum Gasteiger partial charge on any atom is -0.358 e. The molecule has 0 bridgehead atoms. The van der Waals surface area contributed by atoms with Crippen molar-refractivity contribution in [2.75, 3.05) is 0 Å². The van der Waals surface area contributed by atoms with Gasteiger partial charge in [0, 0.05) is 5.92 Å². The van der Waals surface area contributed by atoms with E-state index < -0.39 is 4.92 Å². The predicted molar refractivity (Wildman–Crippen MR) is 44.0 cm³/mol. The lowest BCUT2D eigenvalue weighted by molar-refractivity contribution is -0.391. The maximum absolute atomic E-state index is 10.5. The molecule has 0 amide bonds. The van der Waals surface area contributed by atoms with Crippen molar-refractivity contribution in [3.63, 3.8) is 0 Å². The van der Waals surface area contributed by atoms with Gasteiger partial charge in [0.1, 0.15) is 6.20 Å². The van der Waals surface area contributed by atoms with Crippen molar-refractivity contribution >= 4 is 5.82 Å². The zero-order valence-electron chi connectivity index (χ0n) is 8.02. The van der Waals surface area contributed by atoms with Gasteiger partial charge in [0.25, 0.3) is 0 Å². The van der Waals surface area contributed by atoms with Crippen molar-refractivity contribution in [3.05, 3.63) is 22.1 Å². The molecule has 1 rings (SSSR count). The van der Waals surface area contributed by atoms with Crippen molar-refractivity contribution in [2.45, 2.75) is 19.8 Å².